The highest BCUT2D eigenvalue weighted by atomic mass is 32.2. The number of aromatic nitrogens is 3. The molecule has 3 rings (SSSR count). The number of hydrogen-bond donors (Lipinski definition) is 1. The third kappa shape index (κ3) is 2.31. The minimum atomic E-state index is 0.0174. The number of fused-ring (bicyclic) bond motifs is 3. The van der Waals surface area contributed by atoms with Crippen LogP contribution in [0.4, 0.5) is 0 Å². The van der Waals surface area contributed by atoms with Crippen LogP contribution in [0.5, 0.6) is 0 Å². The summed E-state index contributed by atoms with van der Waals surface area (Å²) in [7, 11) is 0. The summed E-state index contributed by atoms with van der Waals surface area (Å²) < 4.78 is 3.18. The normalized spacial score (nSPS) is 11.2. The van der Waals surface area contributed by atoms with Gasteiger partial charge in [0.15, 0.2) is 5.16 Å². The molecule has 0 radical (unpaired) electrons. The molecule has 0 unspecified atom stereocenters. The Balaban J connectivity index is 1.93. The van der Waals surface area contributed by atoms with E-state index >= 15 is 0 Å². The fourth-order valence-electron chi connectivity index (χ4n) is 1.83. The zero-order valence-corrected chi connectivity index (χ0v) is 11.9. The van der Waals surface area contributed by atoms with Crippen LogP contribution in [-0.4, -0.2) is 32.8 Å². The number of hydrogen-bond acceptors (Lipinski definition) is 5. The molecule has 5 nitrogen and oxygen atoms in total. The quantitative estimate of drug-likeness (QED) is 0.749. The molecule has 0 saturated heterocycles. The van der Waals surface area contributed by atoms with Crippen molar-refractivity contribution in [2.24, 2.45) is 0 Å². The first-order valence-electron chi connectivity index (χ1n) is 5.91. The van der Waals surface area contributed by atoms with Gasteiger partial charge in [-0.2, -0.15) is 0 Å². The molecule has 1 N–H and O–H groups in total. The minimum Gasteiger partial charge on any atom is -0.356 e. The van der Waals surface area contributed by atoms with E-state index < -0.39 is 0 Å². The van der Waals surface area contributed by atoms with Crippen LogP contribution in [0.3, 0.4) is 0 Å². The number of para-hydroxylation sites is 1. The summed E-state index contributed by atoms with van der Waals surface area (Å²) in [6, 6.07) is 8.10. The maximum absolute atomic E-state index is 11.5. The number of carbonyl (C=O) groups excluding carboxylic acids is 1. The fourth-order valence-corrected chi connectivity index (χ4v) is 3.62. The standard InChI is InChI=1S/C12H12N4OS2/c1-2-13-10(17)7-18-11-14-15-12-16(11)8-5-3-4-6-9(8)19-12/h3-6H,2,7H2,1H3,(H,13,17). The van der Waals surface area contributed by atoms with Crippen molar-refractivity contribution in [2.45, 2.75) is 12.1 Å². The Labute approximate surface area is 118 Å². The molecule has 0 bridgehead atoms. The number of thioether (sulfide) groups is 1. The van der Waals surface area contributed by atoms with E-state index in [9.17, 15) is 4.79 Å². The lowest BCUT2D eigenvalue weighted by molar-refractivity contribution is -0.118. The molecule has 2 aromatic heterocycles. The van der Waals surface area contributed by atoms with Crippen molar-refractivity contribution >= 4 is 44.2 Å². The molecule has 0 spiro atoms. The number of rotatable bonds is 4. The molecule has 0 aliphatic heterocycles. The number of thiazole rings is 1. The molecule has 0 aliphatic rings. The summed E-state index contributed by atoms with van der Waals surface area (Å²) in [5, 5.41) is 11.8. The van der Waals surface area contributed by atoms with E-state index in [4.69, 9.17) is 0 Å². The molecule has 1 amide bonds. The number of nitrogens with one attached hydrogen (secondary N) is 1. The van der Waals surface area contributed by atoms with Gasteiger partial charge in [-0.15, -0.1) is 10.2 Å². The number of benzene rings is 1. The van der Waals surface area contributed by atoms with Crippen molar-refractivity contribution in [3.8, 4) is 0 Å². The predicted octanol–water partition coefficient (Wildman–Crippen LogP) is 2.17. The largest absolute Gasteiger partial charge is 0.356 e. The molecule has 0 aliphatic carbocycles. The predicted molar refractivity (Wildman–Crippen MR) is 77.8 cm³/mol. The molecule has 0 atom stereocenters. The van der Waals surface area contributed by atoms with Crippen molar-refractivity contribution < 1.29 is 4.79 Å². The van der Waals surface area contributed by atoms with Crippen LogP contribution in [0.15, 0.2) is 29.4 Å². The van der Waals surface area contributed by atoms with Gasteiger partial charge in [-0.05, 0) is 19.1 Å². The Hall–Kier alpha value is -1.60. The van der Waals surface area contributed by atoms with E-state index in [0.717, 1.165) is 15.6 Å². The molecule has 2 heterocycles. The molecular weight excluding hydrogens is 280 g/mol. The maximum atomic E-state index is 11.5. The van der Waals surface area contributed by atoms with Crippen molar-refractivity contribution in [1.82, 2.24) is 19.9 Å². The van der Waals surface area contributed by atoms with Gasteiger partial charge in [0.1, 0.15) is 0 Å². The van der Waals surface area contributed by atoms with Crippen LogP contribution in [0, 0.1) is 0 Å². The average molecular weight is 292 g/mol. The van der Waals surface area contributed by atoms with Gasteiger partial charge in [0.25, 0.3) is 0 Å². The monoisotopic (exact) mass is 292 g/mol. The van der Waals surface area contributed by atoms with Gasteiger partial charge >= 0.3 is 0 Å². The summed E-state index contributed by atoms with van der Waals surface area (Å²) in [4.78, 5) is 12.4. The van der Waals surface area contributed by atoms with E-state index in [0.29, 0.717) is 12.3 Å². The molecule has 98 valence electrons. The number of nitrogens with zero attached hydrogens (tertiary/aromatic N) is 3. The van der Waals surface area contributed by atoms with Gasteiger partial charge in [0.05, 0.1) is 16.0 Å². The molecule has 0 fully saturated rings. The van der Waals surface area contributed by atoms with Gasteiger partial charge in [-0.1, -0.05) is 35.2 Å². The molecule has 0 saturated carbocycles. The van der Waals surface area contributed by atoms with Crippen molar-refractivity contribution in [3.05, 3.63) is 24.3 Å². The smallest absolute Gasteiger partial charge is 0.230 e. The topological polar surface area (TPSA) is 59.3 Å². The van der Waals surface area contributed by atoms with Crippen LogP contribution in [0.1, 0.15) is 6.92 Å². The highest BCUT2D eigenvalue weighted by molar-refractivity contribution is 7.99. The second-order valence-electron chi connectivity index (χ2n) is 3.91. The van der Waals surface area contributed by atoms with Crippen molar-refractivity contribution in [3.63, 3.8) is 0 Å². The van der Waals surface area contributed by atoms with Gasteiger partial charge in [-0.3, -0.25) is 9.20 Å². The van der Waals surface area contributed by atoms with E-state index in [-0.39, 0.29) is 5.91 Å². The average Bonchev–Trinajstić information content (AvgIpc) is 2.95. The lowest BCUT2D eigenvalue weighted by atomic mass is 10.3. The SMILES string of the molecule is CCNC(=O)CSc1nnc2sc3ccccc3n12. The maximum Gasteiger partial charge on any atom is 0.230 e. The molecule has 7 heteroatoms. The van der Waals surface area contributed by atoms with Crippen LogP contribution in [0.25, 0.3) is 15.2 Å². The summed E-state index contributed by atoms with van der Waals surface area (Å²) in [6.07, 6.45) is 0. The molecule has 19 heavy (non-hydrogen) atoms. The van der Waals surface area contributed by atoms with Crippen molar-refractivity contribution in [1.29, 1.82) is 0 Å². The Morgan fingerprint density at radius 3 is 3.11 bits per heavy atom. The summed E-state index contributed by atoms with van der Waals surface area (Å²) in [6.45, 7) is 2.56. The first-order valence-corrected chi connectivity index (χ1v) is 7.72. The second kappa shape index (κ2) is 5.18. The first-order chi connectivity index (χ1) is 9.29. The van der Waals surface area contributed by atoms with E-state index in [1.165, 1.54) is 16.5 Å². The molecule has 1 aromatic carbocycles. The van der Waals surface area contributed by atoms with Crippen LogP contribution in [0.2, 0.25) is 0 Å². The first kappa shape index (κ1) is 12.4. The van der Waals surface area contributed by atoms with Gasteiger partial charge in [0.2, 0.25) is 10.9 Å². The van der Waals surface area contributed by atoms with Crippen LogP contribution >= 0.6 is 23.1 Å². The third-order valence-corrected chi connectivity index (χ3v) is 4.56. The fraction of sp³-hybridized carbons (Fsp3) is 0.250. The second-order valence-corrected chi connectivity index (χ2v) is 5.86. The summed E-state index contributed by atoms with van der Waals surface area (Å²) >= 11 is 3.01. The Morgan fingerprint density at radius 1 is 1.42 bits per heavy atom. The van der Waals surface area contributed by atoms with Crippen LogP contribution in [-0.2, 0) is 4.79 Å². The molecular formula is C12H12N4OS2. The lowest BCUT2D eigenvalue weighted by Gasteiger charge is -2.00. The van der Waals surface area contributed by atoms with E-state index in [1.54, 1.807) is 11.3 Å². The van der Waals surface area contributed by atoms with Gasteiger partial charge in [-0.25, -0.2) is 0 Å². The van der Waals surface area contributed by atoms with E-state index in [1.807, 2.05) is 29.5 Å². The minimum absolute atomic E-state index is 0.0174. The Bertz CT molecular complexity index is 734. The zero-order chi connectivity index (χ0) is 13.2. The third-order valence-electron chi connectivity index (χ3n) is 2.62. The van der Waals surface area contributed by atoms with Crippen LogP contribution < -0.4 is 5.32 Å². The Kier molecular flexibility index (Phi) is 3.39. The summed E-state index contributed by atoms with van der Waals surface area (Å²) in [5.41, 5.74) is 1.09. The van der Waals surface area contributed by atoms with E-state index in [2.05, 4.69) is 21.6 Å². The zero-order valence-electron chi connectivity index (χ0n) is 10.3. The lowest BCUT2D eigenvalue weighted by Crippen LogP contribution is -2.24. The van der Waals surface area contributed by atoms with Crippen molar-refractivity contribution in [2.75, 3.05) is 12.3 Å². The molecule has 3 aromatic rings. The van der Waals surface area contributed by atoms with Gasteiger partial charge in [0, 0.05) is 6.54 Å². The summed E-state index contributed by atoms with van der Waals surface area (Å²) in [5.74, 6) is 0.377. The number of carbonyl (C=O) groups is 1. The number of amides is 1. The Morgan fingerprint density at radius 2 is 2.26 bits per heavy atom. The highest BCUT2D eigenvalue weighted by Crippen LogP contribution is 2.29. The van der Waals surface area contributed by atoms with Gasteiger partial charge < -0.3 is 5.32 Å². The highest BCUT2D eigenvalue weighted by Gasteiger charge is 2.13.